The molecule has 0 aliphatic carbocycles. The van der Waals surface area contributed by atoms with Crippen molar-refractivity contribution in [3.63, 3.8) is 0 Å². The minimum atomic E-state index is 0.135. The Morgan fingerprint density at radius 3 is 2.52 bits per heavy atom. The molecule has 0 fully saturated rings. The first kappa shape index (κ1) is 18.0. The fraction of sp³-hybridized carbons (Fsp3) is 0.647. The van der Waals surface area contributed by atoms with Gasteiger partial charge in [-0.1, -0.05) is 31.5 Å². The van der Waals surface area contributed by atoms with E-state index in [9.17, 15) is 0 Å². The molecular weight excluding hydrogens is 266 g/mol. The number of methoxy groups -OCH3 is 1. The molecule has 0 saturated carbocycles. The van der Waals surface area contributed by atoms with Crippen LogP contribution in [0.2, 0.25) is 0 Å². The summed E-state index contributed by atoms with van der Waals surface area (Å²) in [6.07, 6.45) is 1.04. The van der Waals surface area contributed by atoms with E-state index in [0.717, 1.165) is 30.9 Å². The van der Waals surface area contributed by atoms with Gasteiger partial charge in [0.1, 0.15) is 5.75 Å². The van der Waals surface area contributed by atoms with Crippen LogP contribution < -0.4 is 10.1 Å². The van der Waals surface area contributed by atoms with Gasteiger partial charge in [0, 0.05) is 12.2 Å². The molecule has 1 unspecified atom stereocenters. The minimum absolute atomic E-state index is 0.135. The van der Waals surface area contributed by atoms with Crippen molar-refractivity contribution in [3.05, 3.63) is 29.3 Å². The topological polar surface area (TPSA) is 39.7 Å². The van der Waals surface area contributed by atoms with Gasteiger partial charge < -0.3 is 19.5 Å². The molecule has 0 aliphatic heterocycles. The van der Waals surface area contributed by atoms with Crippen LogP contribution in [-0.2, 0) is 9.47 Å². The first-order valence-electron chi connectivity index (χ1n) is 7.76. The van der Waals surface area contributed by atoms with Crippen molar-refractivity contribution in [1.82, 2.24) is 5.32 Å². The van der Waals surface area contributed by atoms with Gasteiger partial charge in [0.15, 0.2) is 0 Å². The Labute approximate surface area is 128 Å². The van der Waals surface area contributed by atoms with Gasteiger partial charge in [-0.15, -0.1) is 0 Å². The normalized spacial score (nSPS) is 12.4. The summed E-state index contributed by atoms with van der Waals surface area (Å²) in [4.78, 5) is 0. The molecule has 120 valence electrons. The van der Waals surface area contributed by atoms with Crippen LogP contribution in [0.25, 0.3) is 0 Å². The quantitative estimate of drug-likeness (QED) is 0.637. The number of ether oxygens (including phenoxy) is 3. The third-order valence-corrected chi connectivity index (χ3v) is 3.22. The summed E-state index contributed by atoms with van der Waals surface area (Å²) in [6, 6.07) is 6.36. The molecule has 0 saturated heterocycles. The molecule has 1 aromatic rings. The SMILES string of the molecule is CCCOCCOCC(NCC)c1cc(C)ccc1OC. The summed E-state index contributed by atoms with van der Waals surface area (Å²) in [6.45, 7) is 9.86. The highest BCUT2D eigenvalue weighted by atomic mass is 16.5. The van der Waals surface area contributed by atoms with Crippen molar-refractivity contribution in [2.75, 3.05) is 40.1 Å². The fourth-order valence-corrected chi connectivity index (χ4v) is 2.20. The van der Waals surface area contributed by atoms with Crippen LogP contribution in [0.4, 0.5) is 0 Å². The van der Waals surface area contributed by atoms with E-state index in [4.69, 9.17) is 14.2 Å². The molecule has 4 nitrogen and oxygen atoms in total. The number of benzene rings is 1. The highest BCUT2D eigenvalue weighted by Crippen LogP contribution is 2.26. The third kappa shape index (κ3) is 6.46. The Morgan fingerprint density at radius 1 is 1.10 bits per heavy atom. The molecule has 4 heteroatoms. The smallest absolute Gasteiger partial charge is 0.123 e. The van der Waals surface area contributed by atoms with Gasteiger partial charge in [-0.3, -0.25) is 0 Å². The van der Waals surface area contributed by atoms with Gasteiger partial charge >= 0.3 is 0 Å². The van der Waals surface area contributed by atoms with Gasteiger partial charge in [0.25, 0.3) is 0 Å². The fourth-order valence-electron chi connectivity index (χ4n) is 2.20. The van der Waals surface area contributed by atoms with Crippen LogP contribution in [0.1, 0.15) is 37.4 Å². The van der Waals surface area contributed by atoms with Crippen molar-refractivity contribution in [2.24, 2.45) is 0 Å². The van der Waals surface area contributed by atoms with Gasteiger partial charge in [0.05, 0.1) is 33.0 Å². The van der Waals surface area contributed by atoms with E-state index >= 15 is 0 Å². The molecule has 1 N–H and O–H groups in total. The molecule has 0 heterocycles. The first-order chi connectivity index (χ1) is 10.2. The monoisotopic (exact) mass is 295 g/mol. The molecule has 1 aromatic carbocycles. The molecule has 0 spiro atoms. The van der Waals surface area contributed by atoms with Crippen LogP contribution in [0.3, 0.4) is 0 Å². The summed E-state index contributed by atoms with van der Waals surface area (Å²) in [7, 11) is 1.70. The minimum Gasteiger partial charge on any atom is -0.496 e. The molecule has 0 aromatic heterocycles. The summed E-state index contributed by atoms with van der Waals surface area (Å²) >= 11 is 0. The average molecular weight is 295 g/mol. The lowest BCUT2D eigenvalue weighted by molar-refractivity contribution is 0.0391. The van der Waals surface area contributed by atoms with Crippen molar-refractivity contribution in [3.8, 4) is 5.75 Å². The van der Waals surface area contributed by atoms with Gasteiger partial charge in [-0.2, -0.15) is 0 Å². The molecule has 21 heavy (non-hydrogen) atoms. The number of hydrogen-bond donors (Lipinski definition) is 1. The van der Waals surface area contributed by atoms with E-state index in [1.54, 1.807) is 7.11 Å². The zero-order chi connectivity index (χ0) is 15.5. The molecule has 1 atom stereocenters. The Bertz CT molecular complexity index is 396. The summed E-state index contributed by atoms with van der Waals surface area (Å²) < 4.78 is 16.6. The van der Waals surface area contributed by atoms with E-state index in [-0.39, 0.29) is 6.04 Å². The standard InChI is InChI=1S/C17H29NO3/c1-5-9-20-10-11-21-13-16(18-6-2)15-12-14(3)7-8-17(15)19-4/h7-8,12,16,18H,5-6,9-11,13H2,1-4H3. The van der Waals surface area contributed by atoms with E-state index in [1.807, 2.05) is 6.07 Å². The van der Waals surface area contributed by atoms with Gasteiger partial charge in [-0.05, 0) is 26.0 Å². The second kappa shape index (κ2) is 10.6. The molecule has 1 rings (SSSR count). The Kier molecular flexibility index (Phi) is 9.06. The molecule has 0 bridgehead atoms. The predicted molar refractivity (Wildman–Crippen MR) is 86.1 cm³/mol. The van der Waals surface area contributed by atoms with E-state index in [0.29, 0.717) is 19.8 Å². The van der Waals surface area contributed by atoms with Crippen molar-refractivity contribution in [2.45, 2.75) is 33.2 Å². The van der Waals surface area contributed by atoms with Crippen LogP contribution in [0.15, 0.2) is 18.2 Å². The van der Waals surface area contributed by atoms with Crippen LogP contribution in [0.5, 0.6) is 5.75 Å². The number of aryl methyl sites for hydroxylation is 1. The lowest BCUT2D eigenvalue weighted by atomic mass is 10.0. The second-order valence-electron chi connectivity index (χ2n) is 5.04. The maximum atomic E-state index is 5.75. The van der Waals surface area contributed by atoms with Crippen LogP contribution >= 0.6 is 0 Å². The summed E-state index contributed by atoms with van der Waals surface area (Å²) in [5, 5.41) is 3.46. The highest BCUT2D eigenvalue weighted by molar-refractivity contribution is 5.39. The van der Waals surface area contributed by atoms with E-state index in [2.05, 4.69) is 38.2 Å². The van der Waals surface area contributed by atoms with Crippen molar-refractivity contribution < 1.29 is 14.2 Å². The maximum Gasteiger partial charge on any atom is 0.123 e. The third-order valence-electron chi connectivity index (χ3n) is 3.22. The van der Waals surface area contributed by atoms with E-state index < -0.39 is 0 Å². The molecule has 0 aliphatic rings. The zero-order valence-corrected chi connectivity index (χ0v) is 13.8. The maximum absolute atomic E-state index is 5.75. The first-order valence-corrected chi connectivity index (χ1v) is 7.76. The van der Waals surface area contributed by atoms with Crippen LogP contribution in [-0.4, -0.2) is 40.1 Å². The number of likely N-dealkylation sites (N-methyl/N-ethyl adjacent to an activating group) is 1. The number of rotatable bonds is 11. The van der Waals surface area contributed by atoms with Crippen molar-refractivity contribution >= 4 is 0 Å². The molecule has 0 amide bonds. The average Bonchev–Trinajstić information content (AvgIpc) is 2.49. The van der Waals surface area contributed by atoms with Crippen LogP contribution in [0, 0.1) is 6.92 Å². The largest absolute Gasteiger partial charge is 0.496 e. The van der Waals surface area contributed by atoms with Crippen molar-refractivity contribution in [1.29, 1.82) is 0 Å². The summed E-state index contributed by atoms with van der Waals surface area (Å²) in [5.74, 6) is 0.900. The summed E-state index contributed by atoms with van der Waals surface area (Å²) in [5.41, 5.74) is 2.37. The molecular formula is C17H29NO3. The Balaban J connectivity index is 2.58. The number of nitrogens with one attached hydrogen (secondary N) is 1. The Morgan fingerprint density at radius 2 is 1.86 bits per heavy atom. The highest BCUT2D eigenvalue weighted by Gasteiger charge is 2.15. The number of hydrogen-bond acceptors (Lipinski definition) is 4. The lowest BCUT2D eigenvalue weighted by Crippen LogP contribution is -2.26. The predicted octanol–water partition coefficient (Wildman–Crippen LogP) is 3.10. The molecule has 0 radical (unpaired) electrons. The van der Waals surface area contributed by atoms with E-state index in [1.165, 1.54) is 5.56 Å². The second-order valence-corrected chi connectivity index (χ2v) is 5.04. The lowest BCUT2D eigenvalue weighted by Gasteiger charge is -2.21. The zero-order valence-electron chi connectivity index (χ0n) is 13.8. The van der Waals surface area contributed by atoms with Gasteiger partial charge in [0.2, 0.25) is 0 Å². The Hall–Kier alpha value is -1.10. The van der Waals surface area contributed by atoms with Gasteiger partial charge in [-0.25, -0.2) is 0 Å².